The van der Waals surface area contributed by atoms with Gasteiger partial charge in [-0.15, -0.1) is 11.3 Å². The molecular formula is C18H17ClF2N2O4S2. The molecule has 0 aliphatic carbocycles. The van der Waals surface area contributed by atoms with E-state index in [1.807, 2.05) is 0 Å². The SMILES string of the molecule is O=C(CCC(=O)N1CCN(S(=O)(=O)c2ccc(F)cc2F)CC1)c1ccc(Cl)s1. The van der Waals surface area contributed by atoms with Crippen LogP contribution in [0.2, 0.25) is 4.34 Å². The van der Waals surface area contributed by atoms with Gasteiger partial charge in [0.05, 0.1) is 9.21 Å². The summed E-state index contributed by atoms with van der Waals surface area (Å²) >= 11 is 6.95. The molecule has 2 aromatic rings. The van der Waals surface area contributed by atoms with Gasteiger partial charge in [-0.2, -0.15) is 4.31 Å². The maximum Gasteiger partial charge on any atom is 0.246 e. The van der Waals surface area contributed by atoms with Crippen LogP contribution in [-0.4, -0.2) is 55.5 Å². The molecule has 1 aromatic carbocycles. The van der Waals surface area contributed by atoms with Crippen LogP contribution in [0.25, 0.3) is 0 Å². The Hall–Kier alpha value is -1.88. The lowest BCUT2D eigenvalue weighted by Gasteiger charge is -2.34. The molecule has 0 spiro atoms. The number of rotatable bonds is 6. The number of hydrogen-bond acceptors (Lipinski definition) is 5. The first kappa shape index (κ1) is 21.8. The summed E-state index contributed by atoms with van der Waals surface area (Å²) in [6.45, 7) is 0.221. The molecule has 1 aliphatic rings. The van der Waals surface area contributed by atoms with Crippen LogP contribution in [0.4, 0.5) is 8.78 Å². The first-order valence-corrected chi connectivity index (χ1v) is 11.3. The lowest BCUT2D eigenvalue weighted by atomic mass is 10.1. The number of sulfonamides is 1. The van der Waals surface area contributed by atoms with E-state index in [1.54, 1.807) is 12.1 Å². The quantitative estimate of drug-likeness (QED) is 0.618. The number of ketones is 1. The molecule has 156 valence electrons. The Morgan fingerprint density at radius 1 is 1.03 bits per heavy atom. The molecule has 29 heavy (non-hydrogen) atoms. The Morgan fingerprint density at radius 3 is 2.31 bits per heavy atom. The molecule has 1 aromatic heterocycles. The number of carbonyl (C=O) groups excluding carboxylic acids is 2. The minimum absolute atomic E-state index is 0.00763. The van der Waals surface area contributed by atoms with E-state index >= 15 is 0 Å². The zero-order valence-corrected chi connectivity index (χ0v) is 17.5. The zero-order chi connectivity index (χ0) is 21.2. The van der Waals surface area contributed by atoms with Gasteiger partial charge >= 0.3 is 0 Å². The fourth-order valence-electron chi connectivity index (χ4n) is 2.97. The lowest BCUT2D eigenvalue weighted by molar-refractivity contribution is -0.132. The van der Waals surface area contributed by atoms with Crippen LogP contribution in [0.15, 0.2) is 35.2 Å². The smallest absolute Gasteiger partial charge is 0.246 e. The van der Waals surface area contributed by atoms with Gasteiger partial charge < -0.3 is 4.90 Å². The van der Waals surface area contributed by atoms with Gasteiger partial charge in [-0.1, -0.05) is 11.6 Å². The lowest BCUT2D eigenvalue weighted by Crippen LogP contribution is -2.50. The second kappa shape index (κ2) is 8.86. The topological polar surface area (TPSA) is 74.8 Å². The fourth-order valence-corrected chi connectivity index (χ4v) is 5.45. The molecule has 1 aliphatic heterocycles. The van der Waals surface area contributed by atoms with Gasteiger partial charge in [-0.25, -0.2) is 17.2 Å². The minimum atomic E-state index is -4.13. The highest BCUT2D eigenvalue weighted by molar-refractivity contribution is 7.89. The monoisotopic (exact) mass is 462 g/mol. The minimum Gasteiger partial charge on any atom is -0.340 e. The number of amides is 1. The van der Waals surface area contributed by atoms with E-state index in [-0.39, 0.29) is 50.7 Å². The highest BCUT2D eigenvalue weighted by atomic mass is 35.5. The molecule has 0 radical (unpaired) electrons. The molecule has 0 N–H and O–H groups in total. The summed E-state index contributed by atoms with van der Waals surface area (Å²) in [7, 11) is -4.13. The van der Waals surface area contributed by atoms with Crippen molar-refractivity contribution in [3.05, 3.63) is 51.2 Å². The van der Waals surface area contributed by atoms with E-state index in [9.17, 15) is 26.8 Å². The van der Waals surface area contributed by atoms with Gasteiger partial charge in [0.1, 0.15) is 16.5 Å². The number of piperazine rings is 1. The number of Topliss-reactive ketones (excluding diaryl/α,β-unsaturated/α-hetero) is 1. The summed E-state index contributed by atoms with van der Waals surface area (Å²) in [6.07, 6.45) is 0.0443. The van der Waals surface area contributed by atoms with Gasteiger partial charge in [0.25, 0.3) is 0 Å². The normalized spacial score (nSPS) is 15.5. The molecule has 0 atom stereocenters. The van der Waals surface area contributed by atoms with E-state index < -0.39 is 26.6 Å². The standard InChI is InChI=1S/C18H17ClF2N2O4S2/c19-17-5-3-15(28-17)14(24)2-6-18(25)22-7-9-23(10-8-22)29(26,27)16-4-1-12(20)11-13(16)21/h1,3-5,11H,2,6-10H2. The van der Waals surface area contributed by atoms with Crippen LogP contribution in [0.5, 0.6) is 0 Å². The van der Waals surface area contributed by atoms with Crippen molar-refractivity contribution in [2.45, 2.75) is 17.7 Å². The van der Waals surface area contributed by atoms with Crippen molar-refractivity contribution in [1.29, 1.82) is 0 Å². The molecule has 1 fully saturated rings. The van der Waals surface area contributed by atoms with Gasteiger partial charge in [-0.3, -0.25) is 9.59 Å². The Labute approximate surface area is 175 Å². The third-order valence-electron chi connectivity index (χ3n) is 4.52. The second-order valence-corrected chi connectivity index (χ2v) is 10.0. The van der Waals surface area contributed by atoms with Crippen molar-refractivity contribution >= 4 is 44.7 Å². The molecular weight excluding hydrogens is 446 g/mol. The summed E-state index contributed by atoms with van der Waals surface area (Å²) in [5.41, 5.74) is 0. The maximum absolute atomic E-state index is 13.9. The number of halogens is 3. The van der Waals surface area contributed by atoms with E-state index in [0.29, 0.717) is 15.3 Å². The first-order chi connectivity index (χ1) is 13.7. The number of benzene rings is 1. The molecule has 3 rings (SSSR count). The van der Waals surface area contributed by atoms with Crippen LogP contribution < -0.4 is 0 Å². The summed E-state index contributed by atoms with van der Waals surface area (Å²) in [6, 6.07) is 5.51. The van der Waals surface area contributed by atoms with Gasteiger partial charge in [-0.05, 0) is 24.3 Å². The molecule has 6 nitrogen and oxygen atoms in total. The Bertz CT molecular complexity index is 1030. The summed E-state index contributed by atoms with van der Waals surface area (Å²) in [5.74, 6) is -2.46. The molecule has 1 amide bonds. The predicted octanol–water partition coefficient (Wildman–Crippen LogP) is 3.18. The third kappa shape index (κ3) is 5.00. The van der Waals surface area contributed by atoms with Gasteiger partial charge in [0, 0.05) is 45.1 Å². The number of thiophene rings is 1. The Morgan fingerprint density at radius 2 is 1.72 bits per heavy atom. The summed E-state index contributed by atoms with van der Waals surface area (Å²) in [4.78, 5) is 25.8. The first-order valence-electron chi connectivity index (χ1n) is 8.70. The predicted molar refractivity (Wildman–Crippen MR) is 105 cm³/mol. The van der Waals surface area contributed by atoms with Crippen molar-refractivity contribution in [2.24, 2.45) is 0 Å². The average Bonchev–Trinajstić information content (AvgIpc) is 3.12. The van der Waals surface area contributed by atoms with Gasteiger partial charge in [0.2, 0.25) is 15.9 Å². The van der Waals surface area contributed by atoms with Crippen LogP contribution in [0, 0.1) is 11.6 Å². The van der Waals surface area contributed by atoms with E-state index in [1.165, 1.54) is 4.90 Å². The summed E-state index contributed by atoms with van der Waals surface area (Å²) in [5, 5.41) is 0. The van der Waals surface area contributed by atoms with Crippen molar-refractivity contribution in [1.82, 2.24) is 9.21 Å². The van der Waals surface area contributed by atoms with Crippen molar-refractivity contribution in [2.75, 3.05) is 26.2 Å². The largest absolute Gasteiger partial charge is 0.340 e. The van der Waals surface area contributed by atoms with E-state index in [4.69, 9.17) is 11.6 Å². The molecule has 11 heteroatoms. The van der Waals surface area contributed by atoms with Crippen LogP contribution in [0.3, 0.4) is 0 Å². The highest BCUT2D eigenvalue weighted by Gasteiger charge is 2.32. The zero-order valence-electron chi connectivity index (χ0n) is 15.1. The molecule has 0 unspecified atom stereocenters. The second-order valence-electron chi connectivity index (χ2n) is 6.39. The molecule has 2 heterocycles. The highest BCUT2D eigenvalue weighted by Crippen LogP contribution is 2.24. The van der Waals surface area contributed by atoms with Crippen molar-refractivity contribution < 1.29 is 26.8 Å². The van der Waals surface area contributed by atoms with Crippen molar-refractivity contribution in [3.8, 4) is 0 Å². The molecule has 0 bridgehead atoms. The van der Waals surface area contributed by atoms with Crippen molar-refractivity contribution in [3.63, 3.8) is 0 Å². The number of carbonyl (C=O) groups is 2. The Kier molecular flexibility index (Phi) is 6.67. The van der Waals surface area contributed by atoms with E-state index in [2.05, 4.69) is 0 Å². The third-order valence-corrected chi connectivity index (χ3v) is 7.72. The Balaban J connectivity index is 1.55. The molecule has 0 saturated carbocycles. The van der Waals surface area contributed by atoms with Crippen LogP contribution >= 0.6 is 22.9 Å². The summed E-state index contributed by atoms with van der Waals surface area (Å²) < 4.78 is 53.6. The fraction of sp³-hybridized carbons (Fsp3) is 0.333. The molecule has 1 saturated heterocycles. The number of hydrogen-bond donors (Lipinski definition) is 0. The van der Waals surface area contributed by atoms with Gasteiger partial charge in [0.15, 0.2) is 5.78 Å². The average molecular weight is 463 g/mol. The van der Waals surface area contributed by atoms with Crippen LogP contribution in [-0.2, 0) is 14.8 Å². The van der Waals surface area contributed by atoms with E-state index in [0.717, 1.165) is 27.8 Å². The number of nitrogens with zero attached hydrogens (tertiary/aromatic N) is 2. The maximum atomic E-state index is 13.9. The van der Waals surface area contributed by atoms with Crippen LogP contribution in [0.1, 0.15) is 22.5 Å².